The molecular formula is C15H27N3O2S. The number of carbonyl (C=O) groups excluding carboxylic acids is 2. The number of carbonyl (C=O) groups is 2. The van der Waals surface area contributed by atoms with Gasteiger partial charge in [-0.15, -0.1) is 0 Å². The van der Waals surface area contributed by atoms with Crippen LogP contribution >= 0.6 is 11.8 Å². The van der Waals surface area contributed by atoms with E-state index < -0.39 is 0 Å². The SMILES string of the molecule is CC(C)C(=O)NC1CCN(C(=O)CC2CSCCN2)CC1. The third-order valence-electron chi connectivity index (χ3n) is 4.14. The highest BCUT2D eigenvalue weighted by atomic mass is 32.2. The van der Waals surface area contributed by atoms with Crippen molar-refractivity contribution in [2.75, 3.05) is 31.1 Å². The Kier molecular flexibility index (Phi) is 6.36. The summed E-state index contributed by atoms with van der Waals surface area (Å²) in [5.41, 5.74) is 0. The molecule has 0 aliphatic carbocycles. The first-order chi connectivity index (χ1) is 10.1. The van der Waals surface area contributed by atoms with Crippen LogP contribution < -0.4 is 10.6 Å². The molecule has 2 N–H and O–H groups in total. The maximum Gasteiger partial charge on any atom is 0.224 e. The average Bonchev–Trinajstić information content (AvgIpc) is 2.48. The van der Waals surface area contributed by atoms with Crippen LogP contribution in [0.5, 0.6) is 0 Å². The third kappa shape index (κ3) is 5.18. The number of hydrogen-bond donors (Lipinski definition) is 2. The molecule has 2 rings (SSSR count). The molecule has 2 fully saturated rings. The number of amides is 2. The molecule has 6 heteroatoms. The van der Waals surface area contributed by atoms with Crippen LogP contribution in [0.1, 0.15) is 33.1 Å². The molecule has 21 heavy (non-hydrogen) atoms. The van der Waals surface area contributed by atoms with E-state index in [2.05, 4.69) is 10.6 Å². The monoisotopic (exact) mass is 313 g/mol. The quantitative estimate of drug-likeness (QED) is 0.807. The minimum absolute atomic E-state index is 0.0273. The summed E-state index contributed by atoms with van der Waals surface area (Å²) < 4.78 is 0. The number of nitrogens with zero attached hydrogens (tertiary/aromatic N) is 1. The first kappa shape index (κ1) is 16.6. The zero-order chi connectivity index (χ0) is 15.2. The predicted molar refractivity (Wildman–Crippen MR) is 86.3 cm³/mol. The van der Waals surface area contributed by atoms with E-state index in [1.165, 1.54) is 0 Å². The van der Waals surface area contributed by atoms with Crippen molar-refractivity contribution < 1.29 is 9.59 Å². The van der Waals surface area contributed by atoms with Crippen LogP contribution in [0.15, 0.2) is 0 Å². The Balaban J connectivity index is 1.70. The Morgan fingerprint density at radius 3 is 2.62 bits per heavy atom. The molecule has 2 heterocycles. The average molecular weight is 313 g/mol. The fourth-order valence-corrected chi connectivity index (χ4v) is 3.68. The van der Waals surface area contributed by atoms with Gasteiger partial charge in [0, 0.05) is 55.6 Å². The molecule has 0 radical (unpaired) electrons. The lowest BCUT2D eigenvalue weighted by Crippen LogP contribution is -2.49. The summed E-state index contributed by atoms with van der Waals surface area (Å²) in [6.07, 6.45) is 2.35. The summed E-state index contributed by atoms with van der Waals surface area (Å²) in [6, 6.07) is 0.557. The Labute approximate surface area is 131 Å². The molecule has 0 aromatic heterocycles. The highest BCUT2D eigenvalue weighted by molar-refractivity contribution is 7.99. The molecule has 0 saturated carbocycles. The topological polar surface area (TPSA) is 61.4 Å². The zero-order valence-corrected chi connectivity index (χ0v) is 13.9. The van der Waals surface area contributed by atoms with Crippen LogP contribution in [0.2, 0.25) is 0 Å². The molecule has 2 amide bonds. The van der Waals surface area contributed by atoms with E-state index in [9.17, 15) is 9.59 Å². The lowest BCUT2D eigenvalue weighted by Gasteiger charge is -2.34. The van der Waals surface area contributed by atoms with E-state index in [1.807, 2.05) is 30.5 Å². The van der Waals surface area contributed by atoms with E-state index in [0.29, 0.717) is 12.5 Å². The molecule has 2 aliphatic heterocycles. The van der Waals surface area contributed by atoms with Crippen LogP contribution in [0.4, 0.5) is 0 Å². The van der Waals surface area contributed by atoms with Gasteiger partial charge in [-0.1, -0.05) is 13.8 Å². The van der Waals surface area contributed by atoms with E-state index in [-0.39, 0.29) is 23.8 Å². The highest BCUT2D eigenvalue weighted by Crippen LogP contribution is 2.15. The van der Waals surface area contributed by atoms with E-state index >= 15 is 0 Å². The molecule has 2 aliphatic rings. The molecule has 1 unspecified atom stereocenters. The Morgan fingerprint density at radius 2 is 2.05 bits per heavy atom. The summed E-state index contributed by atoms with van der Waals surface area (Å²) in [5.74, 6) is 2.57. The summed E-state index contributed by atoms with van der Waals surface area (Å²) in [4.78, 5) is 25.9. The number of thioether (sulfide) groups is 1. The van der Waals surface area contributed by atoms with Gasteiger partial charge in [0.1, 0.15) is 0 Å². The molecule has 0 spiro atoms. The highest BCUT2D eigenvalue weighted by Gasteiger charge is 2.26. The lowest BCUT2D eigenvalue weighted by atomic mass is 10.0. The molecule has 120 valence electrons. The van der Waals surface area contributed by atoms with Crippen LogP contribution in [0, 0.1) is 5.92 Å². The van der Waals surface area contributed by atoms with Gasteiger partial charge in [-0.2, -0.15) is 11.8 Å². The molecule has 0 bridgehead atoms. The minimum Gasteiger partial charge on any atom is -0.353 e. The van der Waals surface area contributed by atoms with Gasteiger partial charge >= 0.3 is 0 Å². The molecule has 5 nitrogen and oxygen atoms in total. The second-order valence-electron chi connectivity index (χ2n) is 6.25. The van der Waals surface area contributed by atoms with Gasteiger partial charge in [-0.3, -0.25) is 9.59 Å². The van der Waals surface area contributed by atoms with Gasteiger partial charge in [-0.25, -0.2) is 0 Å². The summed E-state index contributed by atoms with van der Waals surface area (Å²) in [7, 11) is 0. The molecular weight excluding hydrogens is 286 g/mol. The van der Waals surface area contributed by atoms with Gasteiger partial charge in [0.15, 0.2) is 0 Å². The summed E-state index contributed by atoms with van der Waals surface area (Å²) >= 11 is 1.92. The fourth-order valence-electron chi connectivity index (χ4n) is 2.73. The van der Waals surface area contributed by atoms with E-state index in [1.54, 1.807) is 0 Å². The van der Waals surface area contributed by atoms with Crippen molar-refractivity contribution in [1.29, 1.82) is 0 Å². The molecule has 2 saturated heterocycles. The smallest absolute Gasteiger partial charge is 0.224 e. The summed E-state index contributed by atoms with van der Waals surface area (Å²) in [6.45, 7) is 6.35. The Bertz CT molecular complexity index is 362. The number of hydrogen-bond acceptors (Lipinski definition) is 4. The summed E-state index contributed by atoms with van der Waals surface area (Å²) in [5, 5.41) is 6.48. The number of piperidine rings is 1. The van der Waals surface area contributed by atoms with Crippen LogP contribution in [-0.4, -0.2) is 59.9 Å². The van der Waals surface area contributed by atoms with Gasteiger partial charge < -0.3 is 15.5 Å². The molecule has 1 atom stereocenters. The van der Waals surface area contributed by atoms with Crippen molar-refractivity contribution in [3.8, 4) is 0 Å². The van der Waals surface area contributed by atoms with E-state index in [0.717, 1.165) is 44.0 Å². The van der Waals surface area contributed by atoms with Gasteiger partial charge in [-0.05, 0) is 12.8 Å². The van der Waals surface area contributed by atoms with Gasteiger partial charge in [0.2, 0.25) is 11.8 Å². The van der Waals surface area contributed by atoms with Crippen molar-refractivity contribution >= 4 is 23.6 Å². The van der Waals surface area contributed by atoms with Crippen molar-refractivity contribution in [3.63, 3.8) is 0 Å². The third-order valence-corrected chi connectivity index (χ3v) is 5.27. The van der Waals surface area contributed by atoms with Gasteiger partial charge in [0.25, 0.3) is 0 Å². The lowest BCUT2D eigenvalue weighted by molar-refractivity contribution is -0.132. The normalized spacial score (nSPS) is 24.1. The van der Waals surface area contributed by atoms with E-state index in [4.69, 9.17) is 0 Å². The first-order valence-electron chi connectivity index (χ1n) is 7.95. The first-order valence-corrected chi connectivity index (χ1v) is 9.11. The molecule has 0 aromatic carbocycles. The second-order valence-corrected chi connectivity index (χ2v) is 7.40. The number of rotatable bonds is 4. The van der Waals surface area contributed by atoms with Crippen molar-refractivity contribution in [2.24, 2.45) is 5.92 Å². The van der Waals surface area contributed by atoms with Crippen LogP contribution in [0.3, 0.4) is 0 Å². The van der Waals surface area contributed by atoms with Crippen molar-refractivity contribution in [2.45, 2.75) is 45.2 Å². The second kappa shape index (κ2) is 8.03. The predicted octanol–water partition coefficient (Wildman–Crippen LogP) is 0.845. The van der Waals surface area contributed by atoms with Crippen LogP contribution in [-0.2, 0) is 9.59 Å². The van der Waals surface area contributed by atoms with Crippen molar-refractivity contribution in [1.82, 2.24) is 15.5 Å². The largest absolute Gasteiger partial charge is 0.353 e. The maximum atomic E-state index is 12.3. The maximum absolute atomic E-state index is 12.3. The Hall–Kier alpha value is -0.750. The van der Waals surface area contributed by atoms with Crippen LogP contribution in [0.25, 0.3) is 0 Å². The molecule has 0 aromatic rings. The van der Waals surface area contributed by atoms with Crippen molar-refractivity contribution in [3.05, 3.63) is 0 Å². The number of likely N-dealkylation sites (tertiary alicyclic amines) is 1. The number of nitrogens with one attached hydrogen (secondary N) is 2. The Morgan fingerprint density at radius 1 is 1.33 bits per heavy atom. The zero-order valence-electron chi connectivity index (χ0n) is 13.1. The standard InChI is InChI=1S/C15H27N3O2S/c1-11(2)15(20)17-12-3-6-18(7-4-12)14(19)9-13-10-21-8-5-16-13/h11-13,16H,3-10H2,1-2H3,(H,17,20). The minimum atomic E-state index is 0.0273. The van der Waals surface area contributed by atoms with Gasteiger partial charge in [0.05, 0.1) is 0 Å². The fraction of sp³-hybridized carbons (Fsp3) is 0.867.